The van der Waals surface area contributed by atoms with Gasteiger partial charge in [0.25, 0.3) is 0 Å². The van der Waals surface area contributed by atoms with Gasteiger partial charge in [-0.1, -0.05) is 19.1 Å². The minimum atomic E-state index is -0.393. The van der Waals surface area contributed by atoms with Gasteiger partial charge in [0.05, 0.1) is 17.1 Å². The lowest BCUT2D eigenvalue weighted by molar-refractivity contribution is -0.128. The number of nitrogens with one attached hydrogen (secondary N) is 3. The highest BCUT2D eigenvalue weighted by Crippen LogP contribution is 2.20. The molecule has 2 aromatic rings. The van der Waals surface area contributed by atoms with Crippen molar-refractivity contribution in [1.82, 2.24) is 20.6 Å². The van der Waals surface area contributed by atoms with Crippen LogP contribution in [-0.4, -0.2) is 28.2 Å². The Kier molecular flexibility index (Phi) is 4.99. The van der Waals surface area contributed by atoms with Crippen LogP contribution in [0.2, 0.25) is 0 Å². The van der Waals surface area contributed by atoms with E-state index in [4.69, 9.17) is 0 Å². The number of carbonyl (C=O) groups is 1. The van der Waals surface area contributed by atoms with Gasteiger partial charge in [-0.15, -0.1) is 6.58 Å². The van der Waals surface area contributed by atoms with Crippen LogP contribution in [0.15, 0.2) is 30.9 Å². The molecule has 3 atom stereocenters. The zero-order valence-corrected chi connectivity index (χ0v) is 15.0. The first kappa shape index (κ1) is 17.4. The van der Waals surface area contributed by atoms with Crippen LogP contribution in [0.4, 0.5) is 5.95 Å². The summed E-state index contributed by atoms with van der Waals surface area (Å²) in [5.41, 5.74) is 3.08. The van der Waals surface area contributed by atoms with Crippen molar-refractivity contribution in [3.63, 3.8) is 0 Å². The topological polar surface area (TPSA) is 78.9 Å². The quantitative estimate of drug-likeness (QED) is 0.730. The molecule has 1 amide bonds. The van der Waals surface area contributed by atoms with Gasteiger partial charge in [0, 0.05) is 11.4 Å². The largest absolute Gasteiger partial charge is 0.323 e. The van der Waals surface area contributed by atoms with Gasteiger partial charge in [-0.25, -0.2) is 9.97 Å². The van der Waals surface area contributed by atoms with Crippen molar-refractivity contribution in [2.45, 2.75) is 45.9 Å². The highest BCUT2D eigenvalue weighted by Gasteiger charge is 2.32. The minimum absolute atomic E-state index is 0.00810. The number of anilines is 1. The van der Waals surface area contributed by atoms with Gasteiger partial charge in [-0.3, -0.25) is 10.1 Å². The van der Waals surface area contributed by atoms with Gasteiger partial charge in [0.15, 0.2) is 6.29 Å². The Bertz CT molecular complexity index is 804. The number of allylic oxidation sites excluding steroid dienone is 1. The molecule has 1 aromatic carbocycles. The van der Waals surface area contributed by atoms with E-state index in [1.165, 1.54) is 5.56 Å². The molecule has 1 fully saturated rings. The van der Waals surface area contributed by atoms with E-state index in [9.17, 15) is 4.79 Å². The molecular weight excluding hydrogens is 314 g/mol. The number of carbonyl (C=O) groups excluding carboxylic acids is 1. The Balaban J connectivity index is 1.79. The number of nitrogens with zero attached hydrogens (tertiary/aromatic N) is 2. The lowest BCUT2D eigenvalue weighted by Crippen LogP contribution is -2.63. The molecule has 1 aliphatic heterocycles. The molecule has 3 N–H and O–H groups in total. The van der Waals surface area contributed by atoms with E-state index in [1.807, 2.05) is 19.9 Å². The van der Waals surface area contributed by atoms with Crippen molar-refractivity contribution in [3.05, 3.63) is 42.1 Å². The van der Waals surface area contributed by atoms with E-state index in [1.54, 1.807) is 6.08 Å². The minimum Gasteiger partial charge on any atom is -0.323 e. The van der Waals surface area contributed by atoms with E-state index >= 15 is 0 Å². The molecule has 1 aromatic heterocycles. The van der Waals surface area contributed by atoms with Crippen LogP contribution < -0.4 is 16.0 Å². The predicted octanol–water partition coefficient (Wildman–Crippen LogP) is 2.50. The summed E-state index contributed by atoms with van der Waals surface area (Å²) in [5, 5.41) is 10.5. The number of rotatable bonds is 5. The van der Waals surface area contributed by atoms with Crippen LogP contribution in [0.25, 0.3) is 10.9 Å². The Morgan fingerprint density at radius 2 is 2.16 bits per heavy atom. The molecule has 1 saturated heterocycles. The van der Waals surface area contributed by atoms with E-state index in [-0.39, 0.29) is 17.9 Å². The lowest BCUT2D eigenvalue weighted by Gasteiger charge is -2.35. The molecule has 2 heterocycles. The van der Waals surface area contributed by atoms with E-state index in [0.717, 1.165) is 23.0 Å². The maximum absolute atomic E-state index is 12.3. The summed E-state index contributed by atoms with van der Waals surface area (Å²) >= 11 is 0. The number of amides is 1. The zero-order chi connectivity index (χ0) is 18.0. The van der Waals surface area contributed by atoms with Crippen molar-refractivity contribution in [1.29, 1.82) is 0 Å². The van der Waals surface area contributed by atoms with E-state index in [0.29, 0.717) is 12.4 Å². The Morgan fingerprint density at radius 3 is 2.84 bits per heavy atom. The maximum Gasteiger partial charge on any atom is 0.227 e. The predicted molar refractivity (Wildman–Crippen MR) is 100 cm³/mol. The van der Waals surface area contributed by atoms with Crippen molar-refractivity contribution < 1.29 is 4.79 Å². The van der Waals surface area contributed by atoms with Gasteiger partial charge in [-0.05, 0) is 44.4 Å². The summed E-state index contributed by atoms with van der Waals surface area (Å²) in [6, 6.07) is 6.28. The normalized spacial score (nSPS) is 23.3. The Hall–Kier alpha value is -2.47. The average molecular weight is 339 g/mol. The SMILES string of the molecule is C=CCC1C(=O)NC(Nc2nc(C)c3cc(CC)ccc3n2)NC1C. The summed E-state index contributed by atoms with van der Waals surface area (Å²) < 4.78 is 0. The third-order valence-electron chi connectivity index (χ3n) is 4.71. The van der Waals surface area contributed by atoms with Crippen molar-refractivity contribution in [2.75, 3.05) is 5.32 Å². The molecule has 0 spiro atoms. The third kappa shape index (κ3) is 3.64. The van der Waals surface area contributed by atoms with Gasteiger partial charge >= 0.3 is 0 Å². The highest BCUT2D eigenvalue weighted by atomic mass is 16.2. The first-order chi connectivity index (χ1) is 12.0. The van der Waals surface area contributed by atoms with Gasteiger partial charge in [-0.2, -0.15) is 0 Å². The summed E-state index contributed by atoms with van der Waals surface area (Å²) in [7, 11) is 0. The van der Waals surface area contributed by atoms with Crippen LogP contribution in [-0.2, 0) is 11.2 Å². The number of aromatic nitrogens is 2. The van der Waals surface area contributed by atoms with Crippen LogP contribution >= 0.6 is 0 Å². The van der Waals surface area contributed by atoms with Crippen LogP contribution in [0, 0.1) is 12.8 Å². The fourth-order valence-electron chi connectivity index (χ4n) is 3.21. The molecule has 6 nitrogen and oxygen atoms in total. The summed E-state index contributed by atoms with van der Waals surface area (Å²) in [6.07, 6.45) is 3.02. The Morgan fingerprint density at radius 1 is 1.36 bits per heavy atom. The molecule has 0 radical (unpaired) electrons. The molecule has 0 aliphatic carbocycles. The molecule has 1 aliphatic rings. The summed E-state index contributed by atoms with van der Waals surface area (Å²) in [4.78, 5) is 21.4. The van der Waals surface area contributed by atoms with E-state index < -0.39 is 6.29 Å². The number of benzene rings is 1. The third-order valence-corrected chi connectivity index (χ3v) is 4.71. The second kappa shape index (κ2) is 7.19. The van der Waals surface area contributed by atoms with Crippen LogP contribution in [0.1, 0.15) is 31.5 Å². The molecule has 132 valence electrons. The molecular formula is C19H25N5O. The van der Waals surface area contributed by atoms with Crippen LogP contribution in [0.3, 0.4) is 0 Å². The molecule has 6 heteroatoms. The van der Waals surface area contributed by atoms with Gasteiger partial charge in [0.2, 0.25) is 11.9 Å². The molecule has 25 heavy (non-hydrogen) atoms. The number of hydrogen-bond acceptors (Lipinski definition) is 5. The summed E-state index contributed by atoms with van der Waals surface area (Å²) in [5.74, 6) is 0.400. The fraction of sp³-hybridized carbons (Fsp3) is 0.421. The van der Waals surface area contributed by atoms with Crippen molar-refractivity contribution in [2.24, 2.45) is 5.92 Å². The maximum atomic E-state index is 12.3. The molecule has 3 unspecified atom stereocenters. The summed E-state index contributed by atoms with van der Waals surface area (Å²) in [6.45, 7) is 9.83. The monoisotopic (exact) mass is 339 g/mol. The highest BCUT2D eigenvalue weighted by molar-refractivity contribution is 5.83. The first-order valence-corrected chi connectivity index (χ1v) is 8.73. The first-order valence-electron chi connectivity index (χ1n) is 8.73. The molecule has 3 rings (SSSR count). The second-order valence-electron chi connectivity index (χ2n) is 6.51. The number of fused-ring (bicyclic) bond motifs is 1. The fourth-order valence-corrected chi connectivity index (χ4v) is 3.21. The smallest absolute Gasteiger partial charge is 0.227 e. The van der Waals surface area contributed by atoms with Gasteiger partial charge in [0.1, 0.15) is 0 Å². The second-order valence-corrected chi connectivity index (χ2v) is 6.51. The lowest BCUT2D eigenvalue weighted by atomic mass is 9.94. The molecule has 0 saturated carbocycles. The average Bonchev–Trinajstić information content (AvgIpc) is 2.58. The van der Waals surface area contributed by atoms with E-state index in [2.05, 4.69) is 51.6 Å². The zero-order valence-electron chi connectivity index (χ0n) is 15.0. The standard InChI is InChI=1S/C19H25N5O/c1-5-7-14-11(3)20-19(23-17(14)25)24-18-21-12(4)15-10-13(6-2)8-9-16(15)22-18/h5,8-11,14,19-20H,1,6-7H2,2-4H3,(H,23,25)(H,21,22,24). The number of hydrogen-bond donors (Lipinski definition) is 3. The van der Waals surface area contributed by atoms with Crippen molar-refractivity contribution >= 4 is 22.8 Å². The molecule has 0 bridgehead atoms. The Labute approximate surface area is 148 Å². The van der Waals surface area contributed by atoms with Crippen molar-refractivity contribution in [3.8, 4) is 0 Å². The van der Waals surface area contributed by atoms with Crippen LogP contribution in [0.5, 0.6) is 0 Å². The van der Waals surface area contributed by atoms with Gasteiger partial charge < -0.3 is 10.6 Å². The number of aryl methyl sites for hydroxylation is 2.